The monoisotopic (exact) mass is 275 g/mol. The Morgan fingerprint density at radius 3 is 2.45 bits per heavy atom. The van der Waals surface area contributed by atoms with Crippen LogP contribution in [0.25, 0.3) is 0 Å². The van der Waals surface area contributed by atoms with Gasteiger partial charge in [0.2, 0.25) is 0 Å². The van der Waals surface area contributed by atoms with Crippen LogP contribution in [-0.2, 0) is 0 Å². The van der Waals surface area contributed by atoms with Crippen LogP contribution in [0.5, 0.6) is 0 Å². The number of rotatable bonds is 2. The average molecular weight is 275 g/mol. The Bertz CT molecular complexity index is 338. The molecule has 20 heavy (non-hydrogen) atoms. The van der Waals surface area contributed by atoms with Crippen LogP contribution in [0.1, 0.15) is 78.1 Å². The van der Waals surface area contributed by atoms with Gasteiger partial charge in [-0.1, -0.05) is 64.9 Å². The summed E-state index contributed by atoms with van der Waals surface area (Å²) >= 11 is 0. The first-order valence-corrected chi connectivity index (χ1v) is 9.21. The van der Waals surface area contributed by atoms with E-state index in [-0.39, 0.29) is 0 Å². The van der Waals surface area contributed by atoms with Crippen LogP contribution in [0, 0.1) is 17.8 Å². The predicted molar refractivity (Wildman–Crippen MR) is 86.6 cm³/mol. The lowest BCUT2D eigenvalue weighted by atomic mass is 9.85. The smallest absolute Gasteiger partial charge is 0.0491 e. The van der Waals surface area contributed by atoms with Crippen LogP contribution in [0.15, 0.2) is 11.8 Å². The van der Waals surface area contributed by atoms with E-state index in [9.17, 15) is 0 Å². The minimum Gasteiger partial charge on any atom is -0.368 e. The highest BCUT2D eigenvalue weighted by Gasteiger charge is 2.42. The summed E-state index contributed by atoms with van der Waals surface area (Å²) in [4.78, 5) is 2.74. The zero-order valence-corrected chi connectivity index (χ0v) is 13.6. The molecule has 1 nitrogen and oxygen atoms in total. The molecule has 0 aromatic rings. The first kappa shape index (κ1) is 14.5. The molecule has 2 fully saturated rings. The van der Waals surface area contributed by atoms with Crippen LogP contribution in [0.4, 0.5) is 0 Å². The SMILES string of the molecule is CC1CCC=C(CC2CCCCCCC2)N2CC2C1C. The number of nitrogens with zero attached hydrogens (tertiary/aromatic N) is 1. The van der Waals surface area contributed by atoms with Crippen LogP contribution < -0.4 is 0 Å². The third-order valence-corrected chi connectivity index (χ3v) is 6.25. The Kier molecular flexibility index (Phi) is 4.73. The molecule has 2 heterocycles. The van der Waals surface area contributed by atoms with Crippen molar-refractivity contribution in [3.05, 3.63) is 11.8 Å². The van der Waals surface area contributed by atoms with Gasteiger partial charge in [0.25, 0.3) is 0 Å². The maximum atomic E-state index is 2.74. The lowest BCUT2D eigenvalue weighted by molar-refractivity contribution is 0.306. The highest BCUT2D eigenvalue weighted by molar-refractivity contribution is 5.15. The third-order valence-electron chi connectivity index (χ3n) is 6.25. The Morgan fingerprint density at radius 1 is 1.00 bits per heavy atom. The highest BCUT2D eigenvalue weighted by atomic mass is 15.3. The molecule has 3 rings (SSSR count). The zero-order valence-electron chi connectivity index (χ0n) is 13.6. The summed E-state index contributed by atoms with van der Waals surface area (Å²) < 4.78 is 0. The number of allylic oxidation sites excluding steroid dienone is 2. The van der Waals surface area contributed by atoms with Gasteiger partial charge in [0, 0.05) is 18.3 Å². The summed E-state index contributed by atoms with van der Waals surface area (Å²) in [6.07, 6.45) is 17.1. The molecule has 0 spiro atoms. The Labute approximate surface area is 125 Å². The van der Waals surface area contributed by atoms with E-state index in [4.69, 9.17) is 0 Å². The zero-order chi connectivity index (χ0) is 13.9. The first-order valence-electron chi connectivity index (χ1n) is 9.21. The second-order valence-corrected chi connectivity index (χ2v) is 7.74. The molecule has 114 valence electrons. The van der Waals surface area contributed by atoms with Crippen molar-refractivity contribution in [2.45, 2.75) is 84.1 Å². The molecule has 1 saturated carbocycles. The van der Waals surface area contributed by atoms with Gasteiger partial charge in [-0.2, -0.15) is 0 Å². The Morgan fingerprint density at radius 2 is 1.70 bits per heavy atom. The van der Waals surface area contributed by atoms with Crippen molar-refractivity contribution in [1.82, 2.24) is 4.90 Å². The fourth-order valence-corrected chi connectivity index (χ4v) is 4.45. The Hall–Kier alpha value is -0.460. The van der Waals surface area contributed by atoms with E-state index in [2.05, 4.69) is 24.8 Å². The molecule has 0 amide bonds. The fourth-order valence-electron chi connectivity index (χ4n) is 4.45. The maximum Gasteiger partial charge on any atom is 0.0491 e. The molecule has 3 atom stereocenters. The summed E-state index contributed by atoms with van der Waals surface area (Å²) in [5, 5.41) is 0. The largest absolute Gasteiger partial charge is 0.368 e. The molecule has 0 aromatic carbocycles. The normalized spacial score (nSPS) is 36.2. The van der Waals surface area contributed by atoms with Crippen molar-refractivity contribution in [2.24, 2.45) is 17.8 Å². The molecule has 3 aliphatic rings. The van der Waals surface area contributed by atoms with E-state index in [1.807, 2.05) is 0 Å². The van der Waals surface area contributed by atoms with E-state index in [0.717, 1.165) is 23.8 Å². The summed E-state index contributed by atoms with van der Waals surface area (Å²) in [5.41, 5.74) is 1.72. The number of hydrogen-bond acceptors (Lipinski definition) is 1. The maximum absolute atomic E-state index is 2.74. The lowest BCUT2D eigenvalue weighted by Gasteiger charge is -2.26. The van der Waals surface area contributed by atoms with Crippen LogP contribution >= 0.6 is 0 Å². The van der Waals surface area contributed by atoms with Gasteiger partial charge in [-0.15, -0.1) is 0 Å². The molecular weight excluding hydrogens is 242 g/mol. The second-order valence-electron chi connectivity index (χ2n) is 7.74. The molecule has 2 aliphatic heterocycles. The molecule has 0 N–H and O–H groups in total. The van der Waals surface area contributed by atoms with Gasteiger partial charge in [0.1, 0.15) is 0 Å². The molecule has 1 heteroatoms. The minimum absolute atomic E-state index is 0.880. The molecule has 1 aliphatic carbocycles. The Balaban J connectivity index is 1.59. The van der Waals surface area contributed by atoms with Crippen molar-refractivity contribution in [3.63, 3.8) is 0 Å². The minimum atomic E-state index is 0.880. The van der Waals surface area contributed by atoms with Crippen LogP contribution in [0.3, 0.4) is 0 Å². The summed E-state index contributed by atoms with van der Waals surface area (Å²) in [7, 11) is 0. The van der Waals surface area contributed by atoms with Crippen molar-refractivity contribution in [3.8, 4) is 0 Å². The van der Waals surface area contributed by atoms with Gasteiger partial charge in [-0.25, -0.2) is 0 Å². The summed E-state index contributed by atoms with van der Waals surface area (Å²) in [5.74, 6) is 2.79. The number of fused-ring (bicyclic) bond motifs is 1. The van der Waals surface area contributed by atoms with Gasteiger partial charge >= 0.3 is 0 Å². The van der Waals surface area contributed by atoms with Crippen LogP contribution in [0.2, 0.25) is 0 Å². The average Bonchev–Trinajstić information content (AvgIpc) is 3.17. The van der Waals surface area contributed by atoms with E-state index in [1.54, 1.807) is 5.70 Å². The van der Waals surface area contributed by atoms with E-state index in [1.165, 1.54) is 70.8 Å². The van der Waals surface area contributed by atoms with Gasteiger partial charge < -0.3 is 4.90 Å². The fraction of sp³-hybridized carbons (Fsp3) is 0.895. The first-order chi connectivity index (χ1) is 9.75. The van der Waals surface area contributed by atoms with Gasteiger partial charge in [-0.05, 0) is 37.0 Å². The van der Waals surface area contributed by atoms with E-state index in [0.29, 0.717) is 0 Å². The third kappa shape index (κ3) is 3.40. The second kappa shape index (κ2) is 6.54. The van der Waals surface area contributed by atoms with Gasteiger partial charge in [0.05, 0.1) is 0 Å². The standard InChI is InChI=1S/C19H33N/c1-15-9-8-12-18(20-14-19(20)16(15)2)13-17-10-6-4-3-5-7-11-17/h12,15-17,19H,3-11,13-14H2,1-2H3. The van der Waals surface area contributed by atoms with Crippen molar-refractivity contribution >= 4 is 0 Å². The predicted octanol–water partition coefficient (Wildman–Crippen LogP) is 5.37. The molecule has 1 saturated heterocycles. The quantitative estimate of drug-likeness (QED) is 0.612. The molecular formula is C19H33N. The van der Waals surface area contributed by atoms with Gasteiger partial charge in [-0.3, -0.25) is 0 Å². The molecule has 0 aromatic heterocycles. The van der Waals surface area contributed by atoms with E-state index >= 15 is 0 Å². The topological polar surface area (TPSA) is 3.01 Å². The molecule has 3 unspecified atom stereocenters. The van der Waals surface area contributed by atoms with Crippen molar-refractivity contribution in [1.29, 1.82) is 0 Å². The lowest BCUT2D eigenvalue weighted by Crippen LogP contribution is -2.20. The van der Waals surface area contributed by atoms with Crippen molar-refractivity contribution < 1.29 is 0 Å². The van der Waals surface area contributed by atoms with Crippen LogP contribution in [-0.4, -0.2) is 17.5 Å². The summed E-state index contributed by atoms with van der Waals surface area (Å²) in [6.45, 7) is 6.28. The van der Waals surface area contributed by atoms with Crippen molar-refractivity contribution in [2.75, 3.05) is 6.54 Å². The molecule has 0 bridgehead atoms. The van der Waals surface area contributed by atoms with E-state index < -0.39 is 0 Å². The number of hydrogen-bond donors (Lipinski definition) is 0. The molecule has 0 radical (unpaired) electrons. The highest BCUT2D eigenvalue weighted by Crippen LogP contribution is 2.41. The van der Waals surface area contributed by atoms with Gasteiger partial charge in [0.15, 0.2) is 0 Å². The summed E-state index contributed by atoms with van der Waals surface area (Å²) in [6, 6.07) is 0.880.